The molecule has 2 aromatic carbocycles. The number of amides is 1. The van der Waals surface area contributed by atoms with Crippen molar-refractivity contribution in [2.75, 3.05) is 31.1 Å². The first kappa shape index (κ1) is 24.6. The van der Waals surface area contributed by atoms with Crippen LogP contribution in [0.25, 0.3) is 0 Å². The van der Waals surface area contributed by atoms with Crippen LogP contribution in [0.3, 0.4) is 0 Å². The number of rotatable bonds is 12. The lowest BCUT2D eigenvalue weighted by molar-refractivity contribution is -0.142. The molecule has 2 aromatic rings. The molecule has 1 fully saturated rings. The van der Waals surface area contributed by atoms with Crippen LogP contribution in [0.2, 0.25) is 0 Å². The summed E-state index contributed by atoms with van der Waals surface area (Å²) in [7, 11) is 0. The van der Waals surface area contributed by atoms with Crippen LogP contribution in [0.1, 0.15) is 61.4 Å². The van der Waals surface area contributed by atoms with E-state index in [4.69, 9.17) is 4.74 Å². The van der Waals surface area contributed by atoms with E-state index in [9.17, 15) is 14.7 Å². The normalized spacial score (nSPS) is 14.5. The maximum atomic E-state index is 12.4. The van der Waals surface area contributed by atoms with Gasteiger partial charge in [-0.15, -0.1) is 0 Å². The Balaban J connectivity index is 1.39. The van der Waals surface area contributed by atoms with E-state index in [1.807, 2.05) is 48.5 Å². The number of benzene rings is 2. The van der Waals surface area contributed by atoms with Gasteiger partial charge in [-0.3, -0.25) is 9.59 Å². The average Bonchev–Trinajstić information content (AvgIpc) is 2.85. The van der Waals surface area contributed by atoms with Crippen LogP contribution in [0.5, 0.6) is 5.75 Å². The van der Waals surface area contributed by atoms with Gasteiger partial charge < -0.3 is 20.1 Å². The second-order valence-electron chi connectivity index (χ2n) is 8.72. The number of carbonyl (C=O) groups is 2. The monoisotopic (exact) mass is 452 g/mol. The van der Waals surface area contributed by atoms with Crippen molar-refractivity contribution in [1.82, 2.24) is 5.32 Å². The van der Waals surface area contributed by atoms with E-state index in [0.717, 1.165) is 31.5 Å². The molecule has 0 spiro atoms. The summed E-state index contributed by atoms with van der Waals surface area (Å²) in [5.74, 6) is -0.480. The fourth-order valence-corrected chi connectivity index (χ4v) is 4.18. The van der Waals surface area contributed by atoms with Crippen LogP contribution in [0.15, 0.2) is 48.5 Å². The van der Waals surface area contributed by atoms with Crippen molar-refractivity contribution in [3.63, 3.8) is 0 Å². The highest BCUT2D eigenvalue weighted by atomic mass is 16.5. The number of unbranched alkanes of at least 4 members (excludes halogenated alkanes) is 1. The summed E-state index contributed by atoms with van der Waals surface area (Å²) in [6.45, 7) is 5.02. The van der Waals surface area contributed by atoms with Crippen molar-refractivity contribution in [3.05, 3.63) is 59.7 Å². The number of aliphatic carboxylic acids is 1. The van der Waals surface area contributed by atoms with Gasteiger partial charge in [0.1, 0.15) is 12.4 Å². The largest absolute Gasteiger partial charge is 0.492 e. The average molecular weight is 453 g/mol. The number of hydrogen-bond donors (Lipinski definition) is 2. The molecule has 0 radical (unpaired) electrons. The zero-order chi connectivity index (χ0) is 23.5. The molecule has 1 atom stereocenters. The third-order valence-electron chi connectivity index (χ3n) is 6.17. The standard InChI is InChI=1S/C27H36N2O4/c1-2-3-7-23(27(31)32)20-21-8-14-25(15-9-21)33-19-16-28-26(30)22-10-12-24(13-11-22)29-17-5-4-6-18-29/h8-15,23H,2-7,16-20H2,1H3,(H,28,30)(H,31,32). The molecule has 1 aliphatic heterocycles. The van der Waals surface area contributed by atoms with Crippen LogP contribution in [0, 0.1) is 5.92 Å². The minimum Gasteiger partial charge on any atom is -0.492 e. The molecule has 0 aliphatic carbocycles. The summed E-state index contributed by atoms with van der Waals surface area (Å²) in [5, 5.41) is 12.3. The summed E-state index contributed by atoms with van der Waals surface area (Å²) in [6, 6.07) is 15.3. The molecule has 0 saturated carbocycles. The molecule has 1 heterocycles. The third kappa shape index (κ3) is 7.81. The number of carboxylic acids is 1. The van der Waals surface area contributed by atoms with Crippen molar-refractivity contribution in [1.29, 1.82) is 0 Å². The van der Waals surface area contributed by atoms with Gasteiger partial charge in [-0.1, -0.05) is 31.9 Å². The molecular formula is C27H36N2O4. The molecule has 0 bridgehead atoms. The van der Waals surface area contributed by atoms with Crippen molar-refractivity contribution < 1.29 is 19.4 Å². The highest BCUT2D eigenvalue weighted by Gasteiger charge is 2.17. The molecule has 2 N–H and O–H groups in total. The number of hydrogen-bond acceptors (Lipinski definition) is 4. The van der Waals surface area contributed by atoms with Gasteiger partial charge >= 0.3 is 5.97 Å². The SMILES string of the molecule is CCCCC(Cc1ccc(OCCNC(=O)c2ccc(N3CCCCC3)cc2)cc1)C(=O)O. The van der Waals surface area contributed by atoms with Crippen molar-refractivity contribution >= 4 is 17.6 Å². The maximum Gasteiger partial charge on any atom is 0.306 e. The molecule has 3 rings (SSSR count). The van der Waals surface area contributed by atoms with Crippen LogP contribution in [-0.4, -0.2) is 43.2 Å². The maximum absolute atomic E-state index is 12.4. The summed E-state index contributed by atoms with van der Waals surface area (Å²) < 4.78 is 5.73. The van der Waals surface area contributed by atoms with Gasteiger partial charge in [-0.25, -0.2) is 0 Å². The first-order valence-electron chi connectivity index (χ1n) is 12.1. The van der Waals surface area contributed by atoms with E-state index in [0.29, 0.717) is 37.3 Å². The van der Waals surface area contributed by atoms with Crippen molar-refractivity contribution in [2.24, 2.45) is 5.92 Å². The number of carboxylic acid groups (broad SMARTS) is 1. The quantitative estimate of drug-likeness (QED) is 0.447. The minimum atomic E-state index is -0.736. The highest BCUT2D eigenvalue weighted by molar-refractivity contribution is 5.94. The van der Waals surface area contributed by atoms with Crippen LogP contribution in [-0.2, 0) is 11.2 Å². The Morgan fingerprint density at radius 2 is 1.73 bits per heavy atom. The molecule has 1 saturated heterocycles. The molecule has 1 aliphatic rings. The number of nitrogens with zero attached hydrogens (tertiary/aromatic N) is 1. The third-order valence-corrected chi connectivity index (χ3v) is 6.17. The first-order valence-corrected chi connectivity index (χ1v) is 12.1. The van der Waals surface area contributed by atoms with Gasteiger partial charge in [0.2, 0.25) is 0 Å². The summed E-state index contributed by atoms with van der Waals surface area (Å²) in [5.41, 5.74) is 2.82. The second-order valence-corrected chi connectivity index (χ2v) is 8.72. The second kappa shape index (κ2) is 12.9. The molecule has 6 heteroatoms. The van der Waals surface area contributed by atoms with E-state index in [2.05, 4.69) is 17.1 Å². The minimum absolute atomic E-state index is 0.106. The van der Waals surface area contributed by atoms with Gasteiger partial charge in [0.25, 0.3) is 5.91 Å². The summed E-state index contributed by atoms with van der Waals surface area (Å²) in [6.07, 6.45) is 6.91. The smallest absolute Gasteiger partial charge is 0.306 e. The Kier molecular flexibility index (Phi) is 9.60. The number of piperidine rings is 1. The molecule has 6 nitrogen and oxygen atoms in total. The van der Waals surface area contributed by atoms with Crippen LogP contribution in [0.4, 0.5) is 5.69 Å². The molecule has 1 unspecified atom stereocenters. The van der Waals surface area contributed by atoms with E-state index < -0.39 is 5.97 Å². The van der Waals surface area contributed by atoms with E-state index in [1.54, 1.807) is 0 Å². The topological polar surface area (TPSA) is 78.9 Å². The Morgan fingerprint density at radius 1 is 1.03 bits per heavy atom. The lowest BCUT2D eigenvalue weighted by atomic mass is 9.94. The first-order chi connectivity index (χ1) is 16.1. The van der Waals surface area contributed by atoms with E-state index >= 15 is 0 Å². The number of ether oxygens (including phenoxy) is 1. The van der Waals surface area contributed by atoms with E-state index in [1.165, 1.54) is 24.9 Å². The zero-order valence-electron chi connectivity index (χ0n) is 19.6. The van der Waals surface area contributed by atoms with Gasteiger partial charge in [-0.2, -0.15) is 0 Å². The predicted octanol–water partition coefficient (Wildman–Crippen LogP) is 4.92. The molecule has 33 heavy (non-hydrogen) atoms. The van der Waals surface area contributed by atoms with Gasteiger partial charge in [0, 0.05) is 24.3 Å². The fourth-order valence-electron chi connectivity index (χ4n) is 4.18. The number of carbonyl (C=O) groups excluding carboxylic acids is 1. The fraction of sp³-hybridized carbons (Fsp3) is 0.481. The molecular weight excluding hydrogens is 416 g/mol. The lowest BCUT2D eigenvalue weighted by Gasteiger charge is -2.28. The Morgan fingerprint density at radius 3 is 2.36 bits per heavy atom. The molecule has 178 valence electrons. The van der Waals surface area contributed by atoms with Crippen LogP contribution >= 0.6 is 0 Å². The number of nitrogens with one attached hydrogen (secondary N) is 1. The summed E-state index contributed by atoms with van der Waals surface area (Å²) in [4.78, 5) is 26.2. The van der Waals surface area contributed by atoms with Gasteiger partial charge in [0.15, 0.2) is 0 Å². The predicted molar refractivity (Wildman–Crippen MR) is 131 cm³/mol. The highest BCUT2D eigenvalue weighted by Crippen LogP contribution is 2.21. The van der Waals surface area contributed by atoms with Crippen LogP contribution < -0.4 is 15.0 Å². The van der Waals surface area contributed by atoms with Crippen molar-refractivity contribution in [3.8, 4) is 5.75 Å². The Hall–Kier alpha value is -3.02. The number of anilines is 1. The van der Waals surface area contributed by atoms with Gasteiger partial charge in [-0.05, 0) is 74.1 Å². The molecule has 0 aromatic heterocycles. The molecule has 1 amide bonds. The Bertz CT molecular complexity index is 874. The van der Waals surface area contributed by atoms with Gasteiger partial charge in [0.05, 0.1) is 12.5 Å². The summed E-state index contributed by atoms with van der Waals surface area (Å²) >= 11 is 0. The Labute approximate surface area is 196 Å². The van der Waals surface area contributed by atoms with Crippen molar-refractivity contribution in [2.45, 2.75) is 51.9 Å². The van der Waals surface area contributed by atoms with E-state index in [-0.39, 0.29) is 11.8 Å². The lowest BCUT2D eigenvalue weighted by Crippen LogP contribution is -2.30. The zero-order valence-corrected chi connectivity index (χ0v) is 19.6.